The molecule has 0 fully saturated rings. The highest BCUT2D eigenvalue weighted by atomic mass is 16.5. The lowest BCUT2D eigenvalue weighted by atomic mass is 9.34. The predicted octanol–water partition coefficient (Wildman–Crippen LogP) is 8.57. The molecule has 7 aromatic rings. The van der Waals surface area contributed by atoms with Crippen molar-refractivity contribution >= 4 is 45.0 Å². The molecule has 6 aromatic carbocycles. The molecule has 3 nitrogen and oxygen atoms in total. The largest absolute Gasteiger partial charge is 0.458 e. The number of ether oxygens (including phenoxy) is 2. The van der Waals surface area contributed by atoms with Crippen LogP contribution in [0.15, 0.2) is 114 Å². The molecule has 0 unspecified atom stereocenters. The van der Waals surface area contributed by atoms with E-state index in [2.05, 4.69) is 130 Å². The average molecular weight is 554 g/mol. The van der Waals surface area contributed by atoms with Crippen LogP contribution >= 0.6 is 0 Å². The summed E-state index contributed by atoms with van der Waals surface area (Å²) in [5, 5.41) is 2.27. The summed E-state index contributed by atoms with van der Waals surface area (Å²) in [4.78, 5) is 0. The van der Waals surface area contributed by atoms with Crippen LogP contribution in [0.4, 0.5) is 0 Å². The third-order valence-corrected chi connectivity index (χ3v) is 9.17. The topological polar surface area (TPSA) is 31.6 Å². The van der Waals surface area contributed by atoms with Crippen LogP contribution in [0.25, 0.3) is 44.2 Å². The first kappa shape index (κ1) is 24.4. The summed E-state index contributed by atoms with van der Waals surface area (Å²) in [5.74, 6) is 3.60. The molecule has 9 rings (SSSR count). The molecule has 3 heterocycles. The zero-order valence-electron chi connectivity index (χ0n) is 24.2. The van der Waals surface area contributed by atoms with Crippen LogP contribution in [0, 0.1) is 20.8 Å². The molecule has 0 atom stereocenters. The maximum Gasteiger partial charge on any atom is 0.260 e. The van der Waals surface area contributed by atoms with E-state index in [1.54, 1.807) is 0 Å². The van der Waals surface area contributed by atoms with Crippen molar-refractivity contribution in [1.82, 2.24) is 0 Å². The molecule has 0 bridgehead atoms. The van der Waals surface area contributed by atoms with Gasteiger partial charge in [0.15, 0.2) is 0 Å². The molecule has 0 saturated carbocycles. The Morgan fingerprint density at radius 2 is 1.12 bits per heavy atom. The molecular formula is C39H27BO3. The molecule has 2 aliphatic heterocycles. The summed E-state index contributed by atoms with van der Waals surface area (Å²) in [5.41, 5.74) is 13.2. The maximum absolute atomic E-state index is 6.72. The molecule has 1 aromatic heterocycles. The number of hydrogen-bond donors (Lipinski definition) is 0. The van der Waals surface area contributed by atoms with E-state index in [1.165, 1.54) is 10.9 Å². The highest BCUT2D eigenvalue weighted by Gasteiger charge is 2.41. The molecule has 43 heavy (non-hydrogen) atoms. The number of aryl methyl sites for hydroxylation is 3. The molecule has 0 radical (unpaired) electrons. The monoisotopic (exact) mass is 554 g/mol. The molecule has 0 spiro atoms. The van der Waals surface area contributed by atoms with E-state index in [0.717, 1.165) is 89.3 Å². The Bertz CT molecular complexity index is 2220. The molecule has 0 aliphatic carbocycles. The second kappa shape index (κ2) is 8.89. The first-order chi connectivity index (χ1) is 21.0. The molecule has 0 N–H and O–H groups in total. The van der Waals surface area contributed by atoms with Gasteiger partial charge in [-0.1, -0.05) is 84.9 Å². The molecule has 0 amide bonds. The normalized spacial score (nSPS) is 12.9. The third-order valence-electron chi connectivity index (χ3n) is 9.17. The number of benzene rings is 6. The second-order valence-electron chi connectivity index (χ2n) is 11.8. The van der Waals surface area contributed by atoms with Gasteiger partial charge in [-0.15, -0.1) is 0 Å². The Hall–Kier alpha value is -5.22. The van der Waals surface area contributed by atoms with Gasteiger partial charge in [0.2, 0.25) is 0 Å². The fraction of sp³-hybridized carbons (Fsp3) is 0.0769. The Labute approximate surface area is 250 Å². The van der Waals surface area contributed by atoms with E-state index in [4.69, 9.17) is 13.9 Å². The lowest BCUT2D eigenvalue weighted by Gasteiger charge is -2.34. The number of hydrogen-bond acceptors (Lipinski definition) is 3. The highest BCUT2D eigenvalue weighted by Crippen LogP contribution is 2.42. The zero-order valence-corrected chi connectivity index (χ0v) is 24.2. The van der Waals surface area contributed by atoms with Crippen molar-refractivity contribution in [3.63, 3.8) is 0 Å². The van der Waals surface area contributed by atoms with Crippen LogP contribution in [0.5, 0.6) is 23.0 Å². The van der Waals surface area contributed by atoms with Gasteiger partial charge in [0.1, 0.15) is 34.2 Å². The molecule has 4 heteroatoms. The molecule has 2 aliphatic rings. The lowest BCUT2D eigenvalue weighted by molar-refractivity contribution is 0.461. The SMILES string of the molecule is Cc1cccc2c1Oc1cc(-c3ccccc3-c3ccc4oc5c(C)cccc5c4c3)cc3c1B2c1cccc(C)c1O3. The van der Waals surface area contributed by atoms with Gasteiger partial charge in [0.25, 0.3) is 6.71 Å². The van der Waals surface area contributed by atoms with Crippen LogP contribution in [0.3, 0.4) is 0 Å². The fourth-order valence-electron chi connectivity index (χ4n) is 7.09. The minimum atomic E-state index is 0.0572. The van der Waals surface area contributed by atoms with Gasteiger partial charge in [-0.05, 0) is 94.9 Å². The minimum Gasteiger partial charge on any atom is -0.458 e. The Balaban J connectivity index is 1.25. The summed E-state index contributed by atoms with van der Waals surface area (Å²) in [6.45, 7) is 6.40. The van der Waals surface area contributed by atoms with E-state index in [0.29, 0.717) is 0 Å². The van der Waals surface area contributed by atoms with Gasteiger partial charge in [0, 0.05) is 16.2 Å². The van der Waals surface area contributed by atoms with E-state index in [-0.39, 0.29) is 6.71 Å². The van der Waals surface area contributed by atoms with Crippen molar-refractivity contribution < 1.29 is 13.9 Å². The first-order valence-corrected chi connectivity index (χ1v) is 14.8. The first-order valence-electron chi connectivity index (χ1n) is 14.8. The smallest absolute Gasteiger partial charge is 0.260 e. The fourth-order valence-corrected chi connectivity index (χ4v) is 7.09. The van der Waals surface area contributed by atoms with E-state index in [9.17, 15) is 0 Å². The summed E-state index contributed by atoms with van der Waals surface area (Å²) < 4.78 is 19.7. The van der Waals surface area contributed by atoms with Gasteiger partial charge in [-0.25, -0.2) is 0 Å². The van der Waals surface area contributed by atoms with Crippen molar-refractivity contribution in [3.05, 3.63) is 126 Å². The van der Waals surface area contributed by atoms with Crippen molar-refractivity contribution in [1.29, 1.82) is 0 Å². The summed E-state index contributed by atoms with van der Waals surface area (Å²) in [7, 11) is 0. The summed E-state index contributed by atoms with van der Waals surface area (Å²) in [6, 6.07) is 38.7. The van der Waals surface area contributed by atoms with Gasteiger partial charge in [0.05, 0.1) is 0 Å². The number of para-hydroxylation sites is 3. The maximum atomic E-state index is 6.72. The van der Waals surface area contributed by atoms with Crippen LogP contribution in [-0.2, 0) is 0 Å². The van der Waals surface area contributed by atoms with Gasteiger partial charge in [-0.3, -0.25) is 0 Å². The van der Waals surface area contributed by atoms with E-state index >= 15 is 0 Å². The number of furan rings is 1. The average Bonchev–Trinajstić information content (AvgIpc) is 3.41. The van der Waals surface area contributed by atoms with Crippen molar-refractivity contribution in [2.45, 2.75) is 20.8 Å². The Morgan fingerprint density at radius 1 is 0.512 bits per heavy atom. The van der Waals surface area contributed by atoms with Crippen LogP contribution < -0.4 is 25.9 Å². The van der Waals surface area contributed by atoms with E-state index < -0.39 is 0 Å². The quantitative estimate of drug-likeness (QED) is 0.201. The summed E-state index contributed by atoms with van der Waals surface area (Å²) >= 11 is 0. The number of rotatable bonds is 2. The second-order valence-corrected chi connectivity index (χ2v) is 11.8. The van der Waals surface area contributed by atoms with Crippen molar-refractivity contribution in [3.8, 4) is 45.3 Å². The third kappa shape index (κ3) is 3.50. The minimum absolute atomic E-state index is 0.0572. The van der Waals surface area contributed by atoms with Crippen LogP contribution in [0.1, 0.15) is 16.7 Å². The van der Waals surface area contributed by atoms with Crippen LogP contribution in [0.2, 0.25) is 0 Å². The van der Waals surface area contributed by atoms with E-state index in [1.807, 2.05) is 0 Å². The Kier molecular flexibility index (Phi) is 5.04. The predicted molar refractivity (Wildman–Crippen MR) is 176 cm³/mol. The lowest BCUT2D eigenvalue weighted by Crippen LogP contribution is -2.57. The van der Waals surface area contributed by atoms with Gasteiger partial charge in [-0.2, -0.15) is 0 Å². The van der Waals surface area contributed by atoms with Gasteiger partial charge >= 0.3 is 0 Å². The van der Waals surface area contributed by atoms with Crippen molar-refractivity contribution in [2.24, 2.45) is 0 Å². The molecule has 0 saturated heterocycles. The number of fused-ring (bicyclic) bond motifs is 7. The zero-order chi connectivity index (χ0) is 28.8. The van der Waals surface area contributed by atoms with Gasteiger partial charge < -0.3 is 13.9 Å². The summed E-state index contributed by atoms with van der Waals surface area (Å²) in [6.07, 6.45) is 0. The van der Waals surface area contributed by atoms with Crippen LogP contribution in [-0.4, -0.2) is 6.71 Å². The van der Waals surface area contributed by atoms with Crippen molar-refractivity contribution in [2.75, 3.05) is 0 Å². The standard InChI is InChI=1S/C39H27BO3/c1-22-9-6-14-29-30-19-25(17-18-33(30)41-37(22)29)27-12-4-5-13-28(27)26-20-34-36-35(21-26)43-39-24(3)11-8-16-32(39)40(36)31-15-7-10-23(2)38(31)42-34/h4-21H,1-3H3. The molecular weight excluding hydrogens is 527 g/mol. The highest BCUT2D eigenvalue weighted by molar-refractivity contribution is 6.98. The molecule has 204 valence electrons. The Morgan fingerprint density at radius 3 is 1.79 bits per heavy atom.